The summed E-state index contributed by atoms with van der Waals surface area (Å²) in [5, 5.41) is 1.06. The van der Waals surface area contributed by atoms with Crippen molar-refractivity contribution in [2.75, 3.05) is 12.4 Å². The second-order valence-corrected chi connectivity index (χ2v) is 6.01. The van der Waals surface area contributed by atoms with Gasteiger partial charge in [0.25, 0.3) is 5.56 Å². The maximum absolute atomic E-state index is 12.0. The van der Waals surface area contributed by atoms with Crippen LogP contribution in [0.15, 0.2) is 9.95 Å². The molecule has 0 aliphatic carbocycles. The number of esters is 1. The molecule has 0 saturated heterocycles. The Balaban J connectivity index is 2.59. The summed E-state index contributed by atoms with van der Waals surface area (Å²) in [4.78, 5) is 32.0. The van der Waals surface area contributed by atoms with Gasteiger partial charge in [-0.1, -0.05) is 18.7 Å². The SMILES string of the molecule is CCOC(=O)c1sc2nc(SCC)[nH]c(=O)c2c1C. The second-order valence-electron chi connectivity index (χ2n) is 3.76. The van der Waals surface area contributed by atoms with Crippen molar-refractivity contribution in [1.82, 2.24) is 9.97 Å². The van der Waals surface area contributed by atoms with Crippen LogP contribution in [0.25, 0.3) is 10.2 Å². The molecule has 0 aliphatic rings. The Kier molecular flexibility index (Phi) is 4.26. The average molecular weight is 298 g/mol. The normalized spacial score (nSPS) is 10.9. The van der Waals surface area contributed by atoms with Gasteiger partial charge in [-0.3, -0.25) is 4.79 Å². The van der Waals surface area contributed by atoms with E-state index < -0.39 is 5.97 Å². The fraction of sp³-hybridized carbons (Fsp3) is 0.417. The number of nitrogens with zero attached hydrogens (tertiary/aromatic N) is 1. The van der Waals surface area contributed by atoms with Crippen LogP contribution in [-0.4, -0.2) is 28.3 Å². The number of rotatable bonds is 4. The second kappa shape index (κ2) is 5.75. The summed E-state index contributed by atoms with van der Waals surface area (Å²) in [5.41, 5.74) is 0.436. The van der Waals surface area contributed by atoms with Crippen LogP contribution in [0.1, 0.15) is 29.1 Å². The third-order valence-corrected chi connectivity index (χ3v) is 4.44. The van der Waals surface area contributed by atoms with Crippen molar-refractivity contribution in [3.63, 3.8) is 0 Å². The topological polar surface area (TPSA) is 72.0 Å². The van der Waals surface area contributed by atoms with Crippen molar-refractivity contribution in [2.24, 2.45) is 0 Å². The van der Waals surface area contributed by atoms with E-state index in [0.717, 1.165) is 5.75 Å². The predicted molar refractivity (Wildman–Crippen MR) is 77.3 cm³/mol. The number of thioether (sulfide) groups is 1. The van der Waals surface area contributed by atoms with Crippen molar-refractivity contribution < 1.29 is 9.53 Å². The summed E-state index contributed by atoms with van der Waals surface area (Å²) < 4.78 is 4.98. The molecule has 0 aromatic carbocycles. The number of aryl methyl sites for hydroxylation is 1. The number of carbonyl (C=O) groups excluding carboxylic acids is 1. The van der Waals surface area contributed by atoms with Crippen LogP contribution in [0.3, 0.4) is 0 Å². The summed E-state index contributed by atoms with van der Waals surface area (Å²) in [6.45, 7) is 5.79. The van der Waals surface area contributed by atoms with E-state index in [1.54, 1.807) is 13.8 Å². The van der Waals surface area contributed by atoms with Crippen molar-refractivity contribution in [3.05, 3.63) is 20.8 Å². The number of aromatic nitrogens is 2. The first-order valence-corrected chi connectivity index (χ1v) is 7.72. The fourth-order valence-electron chi connectivity index (χ4n) is 1.72. The van der Waals surface area contributed by atoms with Crippen molar-refractivity contribution >= 4 is 39.3 Å². The first kappa shape index (κ1) is 14.1. The zero-order chi connectivity index (χ0) is 14.0. The number of H-pyrrole nitrogens is 1. The van der Waals surface area contributed by atoms with Gasteiger partial charge in [0.05, 0.1) is 12.0 Å². The predicted octanol–water partition coefficient (Wildman–Crippen LogP) is 2.58. The number of thiophene rings is 1. The van der Waals surface area contributed by atoms with Crippen LogP contribution in [0.5, 0.6) is 0 Å². The molecule has 0 bridgehead atoms. The number of hydrogen-bond donors (Lipinski definition) is 1. The van der Waals surface area contributed by atoms with Gasteiger partial charge >= 0.3 is 5.97 Å². The average Bonchev–Trinajstić information content (AvgIpc) is 2.68. The standard InChI is InChI=1S/C12H14N2O3S2/c1-4-17-11(16)8-6(3)7-9(15)13-12(18-5-2)14-10(7)19-8/h4-5H2,1-3H3,(H,13,14,15). The lowest BCUT2D eigenvalue weighted by Gasteiger charge is -1.99. The molecule has 2 aromatic rings. The van der Waals surface area contributed by atoms with Crippen LogP contribution in [-0.2, 0) is 4.74 Å². The molecule has 0 aliphatic heterocycles. The van der Waals surface area contributed by atoms with Gasteiger partial charge in [0.2, 0.25) is 0 Å². The van der Waals surface area contributed by atoms with E-state index >= 15 is 0 Å². The smallest absolute Gasteiger partial charge is 0.348 e. The highest BCUT2D eigenvalue weighted by Crippen LogP contribution is 2.28. The van der Waals surface area contributed by atoms with Crippen molar-refractivity contribution in [2.45, 2.75) is 25.9 Å². The van der Waals surface area contributed by atoms with E-state index in [4.69, 9.17) is 4.74 Å². The monoisotopic (exact) mass is 298 g/mol. The summed E-state index contributed by atoms with van der Waals surface area (Å²) in [6.07, 6.45) is 0. The molecule has 2 aromatic heterocycles. The molecule has 0 spiro atoms. The van der Waals surface area contributed by atoms with Crippen LogP contribution >= 0.6 is 23.1 Å². The Morgan fingerprint density at radius 1 is 1.47 bits per heavy atom. The molecular weight excluding hydrogens is 284 g/mol. The van der Waals surface area contributed by atoms with Gasteiger partial charge in [-0.25, -0.2) is 9.78 Å². The number of fused-ring (bicyclic) bond motifs is 1. The number of carbonyl (C=O) groups is 1. The zero-order valence-electron chi connectivity index (χ0n) is 10.9. The molecule has 0 radical (unpaired) electrons. The van der Waals surface area contributed by atoms with Gasteiger partial charge < -0.3 is 9.72 Å². The third-order valence-electron chi connectivity index (χ3n) is 2.52. The Labute approximate surface area is 118 Å². The Hall–Kier alpha value is -1.34. The lowest BCUT2D eigenvalue weighted by Crippen LogP contribution is -2.09. The molecule has 0 saturated carbocycles. The van der Waals surface area contributed by atoms with E-state index in [1.165, 1.54) is 23.1 Å². The Morgan fingerprint density at radius 3 is 2.84 bits per heavy atom. The molecule has 19 heavy (non-hydrogen) atoms. The molecule has 0 fully saturated rings. The number of hydrogen-bond acceptors (Lipinski definition) is 6. The Bertz CT molecular complexity index is 675. The molecule has 0 atom stereocenters. The molecule has 102 valence electrons. The maximum atomic E-state index is 12.0. The van der Waals surface area contributed by atoms with Crippen LogP contribution in [0, 0.1) is 6.92 Å². The summed E-state index contributed by atoms with van der Waals surface area (Å²) in [5.74, 6) is 0.427. The molecule has 2 heterocycles. The number of nitrogens with one attached hydrogen (secondary N) is 1. The number of aromatic amines is 1. The van der Waals surface area contributed by atoms with Gasteiger partial charge in [0.15, 0.2) is 5.16 Å². The number of ether oxygens (including phenoxy) is 1. The highest BCUT2D eigenvalue weighted by molar-refractivity contribution is 7.99. The fourth-order valence-corrected chi connectivity index (χ4v) is 3.45. The minimum atomic E-state index is -0.396. The molecular formula is C12H14N2O3S2. The summed E-state index contributed by atoms with van der Waals surface area (Å²) in [6, 6.07) is 0. The van der Waals surface area contributed by atoms with Crippen LogP contribution in [0.2, 0.25) is 0 Å². The zero-order valence-corrected chi connectivity index (χ0v) is 12.5. The van der Waals surface area contributed by atoms with Gasteiger partial charge in [-0.2, -0.15) is 0 Å². The van der Waals surface area contributed by atoms with Crippen LogP contribution < -0.4 is 5.56 Å². The third kappa shape index (κ3) is 2.66. The lowest BCUT2D eigenvalue weighted by atomic mass is 10.2. The van der Waals surface area contributed by atoms with Gasteiger partial charge in [-0.05, 0) is 25.2 Å². The van der Waals surface area contributed by atoms with Gasteiger partial charge in [-0.15, -0.1) is 11.3 Å². The lowest BCUT2D eigenvalue weighted by molar-refractivity contribution is 0.0531. The van der Waals surface area contributed by atoms with Gasteiger partial charge in [0, 0.05) is 0 Å². The van der Waals surface area contributed by atoms with E-state index in [1.807, 2.05) is 6.92 Å². The molecule has 2 rings (SSSR count). The molecule has 0 amide bonds. The summed E-state index contributed by atoms with van der Waals surface area (Å²) in [7, 11) is 0. The quantitative estimate of drug-likeness (QED) is 0.533. The van der Waals surface area contributed by atoms with E-state index in [0.29, 0.717) is 32.4 Å². The minimum absolute atomic E-state index is 0.203. The van der Waals surface area contributed by atoms with Crippen molar-refractivity contribution in [1.29, 1.82) is 0 Å². The van der Waals surface area contributed by atoms with Gasteiger partial charge in [0.1, 0.15) is 9.71 Å². The first-order valence-electron chi connectivity index (χ1n) is 5.91. The molecule has 0 unspecified atom stereocenters. The molecule has 7 heteroatoms. The first-order chi connectivity index (χ1) is 9.08. The highest BCUT2D eigenvalue weighted by atomic mass is 32.2. The largest absolute Gasteiger partial charge is 0.462 e. The Morgan fingerprint density at radius 2 is 2.21 bits per heavy atom. The van der Waals surface area contributed by atoms with E-state index in [2.05, 4.69) is 9.97 Å². The highest BCUT2D eigenvalue weighted by Gasteiger charge is 2.20. The van der Waals surface area contributed by atoms with E-state index in [9.17, 15) is 9.59 Å². The van der Waals surface area contributed by atoms with E-state index in [-0.39, 0.29) is 5.56 Å². The van der Waals surface area contributed by atoms with Crippen molar-refractivity contribution in [3.8, 4) is 0 Å². The molecule has 5 nitrogen and oxygen atoms in total. The maximum Gasteiger partial charge on any atom is 0.348 e. The minimum Gasteiger partial charge on any atom is -0.462 e. The summed E-state index contributed by atoms with van der Waals surface area (Å²) >= 11 is 2.67. The van der Waals surface area contributed by atoms with Crippen LogP contribution in [0.4, 0.5) is 0 Å². The molecule has 1 N–H and O–H groups in total.